The summed E-state index contributed by atoms with van der Waals surface area (Å²) in [5.74, 6) is 2.62. The van der Waals surface area contributed by atoms with Gasteiger partial charge in [0, 0.05) is 12.1 Å². The normalized spacial score (nSPS) is 19.8. The number of aromatic nitrogens is 1. The second kappa shape index (κ2) is 6.76. The monoisotopic (exact) mass is 343 g/mol. The third kappa shape index (κ3) is 3.46. The maximum atomic E-state index is 12.3. The highest BCUT2D eigenvalue weighted by Crippen LogP contribution is 2.37. The predicted octanol–water partition coefficient (Wildman–Crippen LogP) is 2.53. The van der Waals surface area contributed by atoms with Gasteiger partial charge in [0.05, 0.1) is 6.54 Å². The van der Waals surface area contributed by atoms with Crippen LogP contribution in [0.2, 0.25) is 0 Å². The lowest BCUT2D eigenvalue weighted by Crippen LogP contribution is -2.33. The van der Waals surface area contributed by atoms with Crippen molar-refractivity contribution in [1.29, 1.82) is 0 Å². The smallest absolute Gasteiger partial charge is 0.239 e. The van der Waals surface area contributed by atoms with Crippen molar-refractivity contribution in [2.24, 2.45) is 0 Å². The SMILES string of the molecule is Cc1cc(NC(=O)CN2CCC[C@@H]2c2ccc3c(c2)OCCO3)no1. The van der Waals surface area contributed by atoms with Crippen LogP contribution in [-0.4, -0.2) is 42.3 Å². The molecule has 132 valence electrons. The highest BCUT2D eigenvalue weighted by molar-refractivity contribution is 5.91. The fourth-order valence-electron chi connectivity index (χ4n) is 3.45. The molecule has 2 aliphatic rings. The number of amides is 1. The summed E-state index contributed by atoms with van der Waals surface area (Å²) in [5, 5.41) is 6.58. The predicted molar refractivity (Wildman–Crippen MR) is 90.8 cm³/mol. The first-order valence-corrected chi connectivity index (χ1v) is 8.56. The number of nitrogens with zero attached hydrogens (tertiary/aromatic N) is 2. The van der Waals surface area contributed by atoms with Gasteiger partial charge in [-0.2, -0.15) is 0 Å². The van der Waals surface area contributed by atoms with Gasteiger partial charge in [-0.15, -0.1) is 0 Å². The lowest BCUT2D eigenvalue weighted by atomic mass is 10.0. The molecular weight excluding hydrogens is 322 g/mol. The van der Waals surface area contributed by atoms with Gasteiger partial charge in [-0.1, -0.05) is 11.2 Å². The molecule has 0 radical (unpaired) electrons. The minimum atomic E-state index is -0.0854. The van der Waals surface area contributed by atoms with Gasteiger partial charge < -0.3 is 19.3 Å². The lowest BCUT2D eigenvalue weighted by molar-refractivity contribution is -0.117. The summed E-state index contributed by atoms with van der Waals surface area (Å²) in [7, 11) is 0. The van der Waals surface area contributed by atoms with Crippen molar-refractivity contribution in [3.05, 3.63) is 35.6 Å². The second-order valence-electron chi connectivity index (χ2n) is 6.40. The summed E-state index contributed by atoms with van der Waals surface area (Å²) < 4.78 is 16.2. The van der Waals surface area contributed by atoms with E-state index in [1.54, 1.807) is 13.0 Å². The molecular formula is C18H21N3O4. The number of rotatable bonds is 4. The maximum Gasteiger partial charge on any atom is 0.239 e. The zero-order chi connectivity index (χ0) is 17.2. The van der Waals surface area contributed by atoms with Crippen LogP contribution in [0.3, 0.4) is 0 Å². The van der Waals surface area contributed by atoms with Gasteiger partial charge in [0.15, 0.2) is 17.3 Å². The summed E-state index contributed by atoms with van der Waals surface area (Å²) in [6, 6.07) is 7.98. The topological polar surface area (TPSA) is 76.8 Å². The number of aryl methyl sites for hydroxylation is 1. The Labute approximate surface area is 145 Å². The Hall–Kier alpha value is -2.54. The zero-order valence-electron chi connectivity index (χ0n) is 14.2. The van der Waals surface area contributed by atoms with Crippen LogP contribution in [0.1, 0.15) is 30.2 Å². The van der Waals surface area contributed by atoms with Crippen LogP contribution >= 0.6 is 0 Å². The van der Waals surface area contributed by atoms with E-state index in [1.165, 1.54) is 0 Å². The van der Waals surface area contributed by atoms with Crippen molar-refractivity contribution >= 4 is 11.7 Å². The van der Waals surface area contributed by atoms with Crippen LogP contribution in [0.15, 0.2) is 28.8 Å². The van der Waals surface area contributed by atoms with E-state index in [1.807, 2.05) is 12.1 Å². The third-order valence-corrected chi connectivity index (χ3v) is 4.56. The van der Waals surface area contributed by atoms with E-state index in [-0.39, 0.29) is 11.9 Å². The van der Waals surface area contributed by atoms with Crippen molar-refractivity contribution < 1.29 is 18.8 Å². The molecule has 1 amide bonds. The van der Waals surface area contributed by atoms with Gasteiger partial charge in [0.2, 0.25) is 5.91 Å². The molecule has 0 saturated carbocycles. The van der Waals surface area contributed by atoms with E-state index in [2.05, 4.69) is 21.4 Å². The second-order valence-corrected chi connectivity index (χ2v) is 6.40. The molecule has 2 aromatic rings. The number of hydrogen-bond donors (Lipinski definition) is 1. The van der Waals surface area contributed by atoms with Crippen LogP contribution in [0.25, 0.3) is 0 Å². The maximum absolute atomic E-state index is 12.3. The number of fused-ring (bicyclic) bond motifs is 1. The molecule has 1 aromatic heterocycles. The molecule has 0 bridgehead atoms. The number of ether oxygens (including phenoxy) is 2. The Morgan fingerprint density at radius 1 is 1.28 bits per heavy atom. The van der Waals surface area contributed by atoms with Crippen LogP contribution in [0.4, 0.5) is 5.82 Å². The van der Waals surface area contributed by atoms with Gasteiger partial charge in [-0.05, 0) is 44.0 Å². The van der Waals surface area contributed by atoms with Crippen LogP contribution in [-0.2, 0) is 4.79 Å². The van der Waals surface area contributed by atoms with E-state index < -0.39 is 0 Å². The average molecular weight is 343 g/mol. The molecule has 25 heavy (non-hydrogen) atoms. The van der Waals surface area contributed by atoms with Gasteiger partial charge >= 0.3 is 0 Å². The molecule has 0 unspecified atom stereocenters. The van der Waals surface area contributed by atoms with Crippen molar-refractivity contribution in [1.82, 2.24) is 10.1 Å². The number of anilines is 1. The molecule has 7 nitrogen and oxygen atoms in total. The number of likely N-dealkylation sites (tertiary alicyclic amines) is 1. The zero-order valence-corrected chi connectivity index (χ0v) is 14.2. The number of hydrogen-bond acceptors (Lipinski definition) is 6. The van der Waals surface area contributed by atoms with Crippen LogP contribution in [0.5, 0.6) is 11.5 Å². The van der Waals surface area contributed by atoms with Gasteiger partial charge in [0.25, 0.3) is 0 Å². The molecule has 1 fully saturated rings. The minimum Gasteiger partial charge on any atom is -0.486 e. The summed E-state index contributed by atoms with van der Waals surface area (Å²) in [6.45, 7) is 4.17. The van der Waals surface area contributed by atoms with Gasteiger partial charge in [-0.25, -0.2) is 0 Å². The highest BCUT2D eigenvalue weighted by Gasteiger charge is 2.29. The molecule has 2 aliphatic heterocycles. The highest BCUT2D eigenvalue weighted by atomic mass is 16.6. The average Bonchev–Trinajstić information content (AvgIpc) is 3.23. The van der Waals surface area contributed by atoms with Crippen LogP contribution < -0.4 is 14.8 Å². The number of carbonyl (C=O) groups excluding carboxylic acids is 1. The Balaban J connectivity index is 1.44. The van der Waals surface area contributed by atoms with Crippen LogP contribution in [0, 0.1) is 6.92 Å². The fraction of sp³-hybridized carbons (Fsp3) is 0.444. The van der Waals surface area contributed by atoms with E-state index >= 15 is 0 Å². The number of nitrogens with one attached hydrogen (secondary N) is 1. The molecule has 4 rings (SSSR count). The first-order chi connectivity index (χ1) is 12.2. The van der Waals surface area contributed by atoms with Crippen molar-refractivity contribution in [2.45, 2.75) is 25.8 Å². The third-order valence-electron chi connectivity index (χ3n) is 4.56. The molecule has 0 aliphatic carbocycles. The molecule has 1 saturated heterocycles. The summed E-state index contributed by atoms with van der Waals surface area (Å²) in [6.07, 6.45) is 2.09. The van der Waals surface area contributed by atoms with E-state index in [0.29, 0.717) is 31.3 Å². The molecule has 1 aromatic carbocycles. The molecule has 1 N–H and O–H groups in total. The lowest BCUT2D eigenvalue weighted by Gasteiger charge is -2.26. The molecule has 7 heteroatoms. The van der Waals surface area contributed by atoms with Crippen molar-refractivity contribution in [3.63, 3.8) is 0 Å². The quantitative estimate of drug-likeness (QED) is 0.919. The fourth-order valence-corrected chi connectivity index (χ4v) is 3.45. The van der Waals surface area contributed by atoms with Crippen molar-refractivity contribution in [2.75, 3.05) is 31.6 Å². The Bertz CT molecular complexity index is 773. The molecule has 3 heterocycles. The van der Waals surface area contributed by atoms with Crippen molar-refractivity contribution in [3.8, 4) is 11.5 Å². The Morgan fingerprint density at radius 2 is 2.12 bits per heavy atom. The van der Waals surface area contributed by atoms with E-state index in [0.717, 1.165) is 36.4 Å². The standard InChI is InChI=1S/C18H21N3O4/c1-12-9-17(20-25-12)19-18(22)11-21-6-2-3-14(21)13-4-5-15-16(10-13)24-8-7-23-15/h4-5,9-10,14H,2-3,6-8,11H2,1H3,(H,19,20,22)/t14-/m1/s1. The molecule has 1 atom stereocenters. The largest absolute Gasteiger partial charge is 0.486 e. The Morgan fingerprint density at radius 3 is 2.92 bits per heavy atom. The molecule has 0 spiro atoms. The number of carbonyl (C=O) groups is 1. The first kappa shape index (κ1) is 16.0. The number of benzene rings is 1. The van der Waals surface area contributed by atoms with E-state index in [9.17, 15) is 4.79 Å². The summed E-state index contributed by atoms with van der Waals surface area (Å²) in [4.78, 5) is 14.5. The minimum absolute atomic E-state index is 0.0854. The summed E-state index contributed by atoms with van der Waals surface area (Å²) >= 11 is 0. The van der Waals surface area contributed by atoms with Gasteiger partial charge in [-0.3, -0.25) is 9.69 Å². The van der Waals surface area contributed by atoms with E-state index in [4.69, 9.17) is 14.0 Å². The Kier molecular flexibility index (Phi) is 4.31. The summed E-state index contributed by atoms with van der Waals surface area (Å²) in [5.41, 5.74) is 1.16. The first-order valence-electron chi connectivity index (χ1n) is 8.56. The van der Waals surface area contributed by atoms with Gasteiger partial charge in [0.1, 0.15) is 19.0 Å².